The summed E-state index contributed by atoms with van der Waals surface area (Å²) in [4.78, 5) is 12.9. The summed E-state index contributed by atoms with van der Waals surface area (Å²) in [6.07, 6.45) is 8.75. The van der Waals surface area contributed by atoms with Crippen LogP contribution in [-0.2, 0) is 4.79 Å². The predicted molar refractivity (Wildman–Crippen MR) is 106 cm³/mol. The van der Waals surface area contributed by atoms with E-state index in [4.69, 9.17) is 4.74 Å². The average Bonchev–Trinajstić information content (AvgIpc) is 2.68. The molecule has 3 heteroatoms. The second kappa shape index (κ2) is 9.42. The number of unbranched alkanes of at least 4 members (excludes halogenated alkanes) is 6. The van der Waals surface area contributed by atoms with Crippen LogP contribution in [0.5, 0.6) is 11.5 Å². The van der Waals surface area contributed by atoms with E-state index < -0.39 is 0 Å². The summed E-state index contributed by atoms with van der Waals surface area (Å²) in [5.41, 5.74) is 1.89. The van der Waals surface area contributed by atoms with Gasteiger partial charge in [-0.05, 0) is 18.6 Å². The summed E-state index contributed by atoms with van der Waals surface area (Å²) in [7, 11) is 0. The molecule has 0 unspecified atom stereocenters. The van der Waals surface area contributed by atoms with Gasteiger partial charge in [0.25, 0.3) is 0 Å². The third kappa shape index (κ3) is 4.46. The van der Waals surface area contributed by atoms with Crippen molar-refractivity contribution in [2.24, 2.45) is 0 Å². The molecular formula is C23H29NO2. The molecule has 26 heavy (non-hydrogen) atoms. The lowest BCUT2D eigenvalue weighted by Crippen LogP contribution is -2.32. The van der Waals surface area contributed by atoms with E-state index in [0.29, 0.717) is 0 Å². The molecule has 3 rings (SSSR count). The van der Waals surface area contributed by atoms with Crippen LogP contribution in [0.15, 0.2) is 48.5 Å². The molecule has 0 aromatic heterocycles. The molecule has 1 N–H and O–H groups in total. The number of carbonyl (C=O) groups is 1. The number of rotatable bonds is 9. The number of amides is 1. The van der Waals surface area contributed by atoms with Crippen LogP contribution in [0.2, 0.25) is 0 Å². The summed E-state index contributed by atoms with van der Waals surface area (Å²) in [5.74, 6) is 1.34. The number of carbonyl (C=O) groups excluding carboxylic acids is 1. The van der Waals surface area contributed by atoms with Gasteiger partial charge < -0.3 is 10.1 Å². The Balaban J connectivity index is 1.57. The lowest BCUT2D eigenvalue weighted by molar-refractivity contribution is -0.121. The van der Waals surface area contributed by atoms with E-state index in [1.807, 2.05) is 48.5 Å². The van der Waals surface area contributed by atoms with Crippen molar-refractivity contribution >= 4 is 5.91 Å². The van der Waals surface area contributed by atoms with Gasteiger partial charge in [-0.25, -0.2) is 0 Å². The zero-order valence-electron chi connectivity index (χ0n) is 15.7. The Bertz CT molecular complexity index is 680. The number of para-hydroxylation sites is 2. The molecule has 3 nitrogen and oxygen atoms in total. The standard InChI is InChI=1S/C23H29NO2/c1-2-3-4-5-6-7-12-17-24-23(25)22-18-13-8-10-15-20(18)26-21-16-11-9-14-19(21)22/h8-11,13-16,22H,2-7,12,17H2,1H3,(H,24,25). The van der Waals surface area contributed by atoms with E-state index in [1.54, 1.807) is 0 Å². The third-order valence-corrected chi connectivity index (χ3v) is 5.02. The Morgan fingerprint density at radius 3 is 2.00 bits per heavy atom. The van der Waals surface area contributed by atoms with Gasteiger partial charge >= 0.3 is 0 Å². The van der Waals surface area contributed by atoms with E-state index in [0.717, 1.165) is 35.6 Å². The first-order valence-corrected chi connectivity index (χ1v) is 9.94. The zero-order chi connectivity index (χ0) is 18.2. The predicted octanol–water partition coefficient (Wildman–Crippen LogP) is 5.79. The van der Waals surface area contributed by atoms with Gasteiger partial charge in [0.15, 0.2) is 0 Å². The van der Waals surface area contributed by atoms with Crippen molar-refractivity contribution in [2.45, 2.75) is 57.8 Å². The fraction of sp³-hybridized carbons (Fsp3) is 0.435. The van der Waals surface area contributed by atoms with Gasteiger partial charge in [-0.15, -0.1) is 0 Å². The molecule has 0 atom stereocenters. The third-order valence-electron chi connectivity index (χ3n) is 5.02. The highest BCUT2D eigenvalue weighted by atomic mass is 16.5. The second-order valence-corrected chi connectivity index (χ2v) is 7.02. The van der Waals surface area contributed by atoms with Crippen LogP contribution in [-0.4, -0.2) is 12.5 Å². The SMILES string of the molecule is CCCCCCCCCNC(=O)C1c2ccccc2Oc2ccccc21. The minimum atomic E-state index is -0.291. The number of fused-ring (bicyclic) bond motifs is 2. The van der Waals surface area contributed by atoms with Gasteiger partial charge in [-0.2, -0.15) is 0 Å². The van der Waals surface area contributed by atoms with Crippen LogP contribution < -0.4 is 10.1 Å². The molecule has 0 spiro atoms. The van der Waals surface area contributed by atoms with Crippen molar-refractivity contribution in [2.75, 3.05) is 6.54 Å². The van der Waals surface area contributed by atoms with Crippen LogP contribution in [0.1, 0.15) is 68.9 Å². The minimum absolute atomic E-state index is 0.0687. The fourth-order valence-corrected chi connectivity index (χ4v) is 3.59. The van der Waals surface area contributed by atoms with Crippen LogP contribution in [0, 0.1) is 0 Å². The molecule has 0 saturated carbocycles. The Kier molecular flexibility index (Phi) is 6.70. The van der Waals surface area contributed by atoms with Gasteiger partial charge in [0, 0.05) is 17.7 Å². The van der Waals surface area contributed by atoms with Crippen molar-refractivity contribution < 1.29 is 9.53 Å². The molecule has 0 radical (unpaired) electrons. The van der Waals surface area contributed by atoms with Crippen molar-refractivity contribution in [1.29, 1.82) is 0 Å². The van der Waals surface area contributed by atoms with E-state index in [-0.39, 0.29) is 11.8 Å². The first-order chi connectivity index (χ1) is 12.8. The average molecular weight is 351 g/mol. The number of benzene rings is 2. The second-order valence-electron chi connectivity index (χ2n) is 7.02. The van der Waals surface area contributed by atoms with Crippen LogP contribution in [0.3, 0.4) is 0 Å². The summed E-state index contributed by atoms with van der Waals surface area (Å²) in [6, 6.07) is 15.7. The molecule has 1 aliphatic heterocycles. The summed E-state index contributed by atoms with van der Waals surface area (Å²) in [5, 5.41) is 3.14. The monoisotopic (exact) mass is 351 g/mol. The molecule has 0 aliphatic carbocycles. The van der Waals surface area contributed by atoms with Gasteiger partial charge in [0.1, 0.15) is 11.5 Å². The highest BCUT2D eigenvalue weighted by Gasteiger charge is 2.31. The molecule has 138 valence electrons. The molecule has 0 bridgehead atoms. The lowest BCUT2D eigenvalue weighted by Gasteiger charge is -2.27. The first kappa shape index (κ1) is 18.5. The molecule has 0 saturated heterocycles. The fourth-order valence-electron chi connectivity index (χ4n) is 3.59. The number of nitrogens with one attached hydrogen (secondary N) is 1. The minimum Gasteiger partial charge on any atom is -0.457 e. The largest absolute Gasteiger partial charge is 0.457 e. The Hall–Kier alpha value is -2.29. The highest BCUT2D eigenvalue weighted by molar-refractivity contribution is 5.89. The lowest BCUT2D eigenvalue weighted by atomic mass is 9.87. The Labute approximate surface area is 156 Å². The van der Waals surface area contributed by atoms with Gasteiger partial charge in [0.05, 0.1) is 5.92 Å². The molecule has 2 aromatic rings. The molecule has 1 aliphatic rings. The summed E-state index contributed by atoms with van der Waals surface area (Å²) < 4.78 is 5.97. The van der Waals surface area contributed by atoms with E-state index >= 15 is 0 Å². The molecule has 1 heterocycles. The summed E-state index contributed by atoms with van der Waals surface area (Å²) >= 11 is 0. The van der Waals surface area contributed by atoms with Gasteiger partial charge in [0.2, 0.25) is 5.91 Å². The number of ether oxygens (including phenoxy) is 1. The van der Waals surface area contributed by atoms with E-state index in [1.165, 1.54) is 38.5 Å². The smallest absolute Gasteiger partial charge is 0.232 e. The quantitative estimate of drug-likeness (QED) is 0.581. The maximum absolute atomic E-state index is 12.9. The highest BCUT2D eigenvalue weighted by Crippen LogP contribution is 2.43. The van der Waals surface area contributed by atoms with Crippen molar-refractivity contribution in [3.8, 4) is 11.5 Å². The topological polar surface area (TPSA) is 38.3 Å². The molecule has 1 amide bonds. The van der Waals surface area contributed by atoms with Crippen molar-refractivity contribution in [3.05, 3.63) is 59.7 Å². The van der Waals surface area contributed by atoms with Crippen molar-refractivity contribution in [1.82, 2.24) is 5.32 Å². The van der Waals surface area contributed by atoms with Crippen LogP contribution in [0.25, 0.3) is 0 Å². The van der Waals surface area contributed by atoms with Gasteiger partial charge in [-0.1, -0.05) is 81.8 Å². The number of hydrogen-bond donors (Lipinski definition) is 1. The molecular weight excluding hydrogens is 322 g/mol. The zero-order valence-corrected chi connectivity index (χ0v) is 15.7. The Morgan fingerprint density at radius 1 is 0.846 bits per heavy atom. The maximum Gasteiger partial charge on any atom is 0.232 e. The number of hydrogen-bond acceptors (Lipinski definition) is 2. The van der Waals surface area contributed by atoms with E-state index in [9.17, 15) is 4.79 Å². The molecule has 2 aromatic carbocycles. The first-order valence-electron chi connectivity index (χ1n) is 9.94. The van der Waals surface area contributed by atoms with E-state index in [2.05, 4.69) is 12.2 Å². The van der Waals surface area contributed by atoms with Gasteiger partial charge in [-0.3, -0.25) is 4.79 Å². The Morgan fingerprint density at radius 2 is 1.38 bits per heavy atom. The molecule has 0 fully saturated rings. The van der Waals surface area contributed by atoms with Crippen LogP contribution >= 0.6 is 0 Å². The maximum atomic E-state index is 12.9. The summed E-state index contributed by atoms with van der Waals surface area (Å²) in [6.45, 7) is 2.98. The normalized spacial score (nSPS) is 12.8. The van der Waals surface area contributed by atoms with Crippen LogP contribution in [0.4, 0.5) is 0 Å². The van der Waals surface area contributed by atoms with Crippen molar-refractivity contribution in [3.63, 3.8) is 0 Å².